The highest BCUT2D eigenvalue weighted by molar-refractivity contribution is 5.89. The van der Waals surface area contributed by atoms with Gasteiger partial charge in [-0.1, -0.05) is 0 Å². The Morgan fingerprint density at radius 1 is 1.47 bits per heavy atom. The first-order chi connectivity index (χ1) is 7.80. The topological polar surface area (TPSA) is 87.5 Å². The number of hydrogen-bond donors (Lipinski definition) is 2. The fourth-order valence-electron chi connectivity index (χ4n) is 1.40. The van der Waals surface area contributed by atoms with Crippen molar-refractivity contribution in [2.24, 2.45) is 0 Å². The number of rotatable bonds is 1. The molecule has 0 spiro atoms. The molecule has 90 valence electrons. The predicted octanol–water partition coefficient (Wildman–Crippen LogP) is 0.740. The van der Waals surface area contributed by atoms with Gasteiger partial charge in [-0.25, -0.2) is 14.3 Å². The molecule has 0 bridgehead atoms. The van der Waals surface area contributed by atoms with Crippen molar-refractivity contribution in [2.45, 2.75) is 6.18 Å². The molecule has 0 saturated carbocycles. The average molecular weight is 247 g/mol. The molecular weight excluding hydrogens is 243 g/mol. The van der Waals surface area contributed by atoms with Crippen LogP contribution in [0.15, 0.2) is 17.1 Å². The van der Waals surface area contributed by atoms with Crippen molar-refractivity contribution in [3.63, 3.8) is 0 Å². The largest absolute Gasteiger partial charge is 0.478 e. The first-order valence-corrected chi connectivity index (χ1v) is 4.22. The van der Waals surface area contributed by atoms with Gasteiger partial charge in [0.2, 0.25) is 0 Å². The van der Waals surface area contributed by atoms with Crippen LogP contribution in [0.5, 0.6) is 0 Å². The average Bonchev–Trinajstić information content (AvgIpc) is 2.53. The van der Waals surface area contributed by atoms with E-state index in [1.165, 1.54) is 0 Å². The Morgan fingerprint density at radius 3 is 2.65 bits per heavy atom. The lowest BCUT2D eigenvalue weighted by molar-refractivity contribution is -0.143. The molecule has 0 aliphatic rings. The molecule has 2 aromatic heterocycles. The Balaban J connectivity index is 2.94. The Kier molecular flexibility index (Phi) is 2.19. The molecule has 9 heteroatoms. The number of hydrogen-bond acceptors (Lipinski definition) is 3. The monoisotopic (exact) mass is 247 g/mol. The van der Waals surface area contributed by atoms with E-state index in [1.807, 2.05) is 5.10 Å². The standard InChI is InChI=1S/C8H4F3N3O3/c9-8(10,11)6-3(7(16)17)2-12-4-1-5(15)13-14(4)6/h1-2H,(H,13,15)(H,16,17). The lowest BCUT2D eigenvalue weighted by atomic mass is 10.2. The van der Waals surface area contributed by atoms with Gasteiger partial charge in [-0.3, -0.25) is 9.89 Å². The number of aromatic amines is 1. The van der Waals surface area contributed by atoms with Crippen LogP contribution in [0.3, 0.4) is 0 Å². The minimum absolute atomic E-state index is 0.299. The van der Waals surface area contributed by atoms with E-state index < -0.39 is 29.0 Å². The zero-order valence-electron chi connectivity index (χ0n) is 7.95. The van der Waals surface area contributed by atoms with Crippen molar-refractivity contribution in [3.8, 4) is 0 Å². The van der Waals surface area contributed by atoms with Gasteiger partial charge in [-0.2, -0.15) is 13.2 Å². The number of fused-ring (bicyclic) bond motifs is 1. The maximum Gasteiger partial charge on any atom is 0.434 e. The van der Waals surface area contributed by atoms with Gasteiger partial charge < -0.3 is 5.11 Å². The summed E-state index contributed by atoms with van der Waals surface area (Å²) in [7, 11) is 0. The normalized spacial score (nSPS) is 11.9. The van der Waals surface area contributed by atoms with Gasteiger partial charge in [0, 0.05) is 12.3 Å². The van der Waals surface area contributed by atoms with Gasteiger partial charge >= 0.3 is 12.1 Å². The fourth-order valence-corrected chi connectivity index (χ4v) is 1.40. The molecule has 2 aromatic rings. The second kappa shape index (κ2) is 3.34. The van der Waals surface area contributed by atoms with Gasteiger partial charge in [0.25, 0.3) is 5.56 Å². The van der Waals surface area contributed by atoms with Crippen molar-refractivity contribution < 1.29 is 23.1 Å². The summed E-state index contributed by atoms with van der Waals surface area (Å²) in [6.07, 6.45) is -4.36. The van der Waals surface area contributed by atoms with E-state index in [1.54, 1.807) is 0 Å². The van der Waals surface area contributed by atoms with E-state index in [4.69, 9.17) is 5.11 Å². The highest BCUT2D eigenvalue weighted by atomic mass is 19.4. The Morgan fingerprint density at radius 2 is 2.12 bits per heavy atom. The first-order valence-electron chi connectivity index (χ1n) is 4.22. The molecule has 0 amide bonds. The number of carboxylic acid groups (broad SMARTS) is 1. The molecule has 2 N–H and O–H groups in total. The molecule has 0 aliphatic carbocycles. The molecule has 0 atom stereocenters. The minimum Gasteiger partial charge on any atom is -0.478 e. The number of aromatic carboxylic acids is 1. The van der Waals surface area contributed by atoms with Gasteiger partial charge in [0.05, 0.1) is 0 Å². The van der Waals surface area contributed by atoms with E-state index in [0.717, 1.165) is 6.07 Å². The molecule has 0 unspecified atom stereocenters. The van der Waals surface area contributed by atoms with Crippen molar-refractivity contribution in [1.82, 2.24) is 14.6 Å². The number of halogens is 3. The Bertz CT molecular complexity index is 655. The number of carboxylic acids is 1. The van der Waals surface area contributed by atoms with Crippen LogP contribution in [-0.2, 0) is 6.18 Å². The zero-order valence-corrected chi connectivity index (χ0v) is 7.95. The number of alkyl halides is 3. The van der Waals surface area contributed by atoms with E-state index in [0.29, 0.717) is 10.7 Å². The van der Waals surface area contributed by atoms with Crippen LogP contribution >= 0.6 is 0 Å². The van der Waals surface area contributed by atoms with E-state index >= 15 is 0 Å². The van der Waals surface area contributed by atoms with E-state index in [9.17, 15) is 22.8 Å². The zero-order chi connectivity index (χ0) is 12.8. The highest BCUT2D eigenvalue weighted by Gasteiger charge is 2.39. The summed E-state index contributed by atoms with van der Waals surface area (Å²) in [6, 6.07) is 0.834. The summed E-state index contributed by atoms with van der Waals surface area (Å²) in [5.41, 5.74) is -3.60. The maximum absolute atomic E-state index is 12.7. The first kappa shape index (κ1) is 11.2. The van der Waals surface area contributed by atoms with Gasteiger partial charge in [-0.05, 0) is 0 Å². The van der Waals surface area contributed by atoms with E-state index in [-0.39, 0.29) is 5.65 Å². The number of nitrogens with zero attached hydrogens (tertiary/aromatic N) is 2. The van der Waals surface area contributed by atoms with Crippen LogP contribution in [0, 0.1) is 0 Å². The minimum atomic E-state index is -4.92. The number of H-pyrrole nitrogens is 1. The molecule has 0 aliphatic heterocycles. The lowest BCUT2D eigenvalue weighted by Crippen LogP contribution is -2.20. The molecule has 0 aromatic carbocycles. The number of carbonyl (C=O) groups is 1. The number of nitrogens with one attached hydrogen (secondary N) is 1. The Hall–Kier alpha value is -2.32. The van der Waals surface area contributed by atoms with Crippen molar-refractivity contribution in [2.75, 3.05) is 0 Å². The molecule has 0 radical (unpaired) electrons. The predicted molar refractivity (Wildman–Crippen MR) is 47.8 cm³/mol. The third-order valence-corrected chi connectivity index (χ3v) is 2.01. The molecule has 0 fully saturated rings. The third kappa shape index (κ3) is 1.75. The molecule has 17 heavy (non-hydrogen) atoms. The third-order valence-electron chi connectivity index (χ3n) is 2.01. The Labute approximate surface area is 90.3 Å². The van der Waals surface area contributed by atoms with Crippen LogP contribution in [0.25, 0.3) is 5.65 Å². The fraction of sp³-hybridized carbons (Fsp3) is 0.125. The lowest BCUT2D eigenvalue weighted by Gasteiger charge is -2.11. The van der Waals surface area contributed by atoms with Gasteiger partial charge in [0.15, 0.2) is 11.3 Å². The van der Waals surface area contributed by atoms with Crippen LogP contribution in [0.1, 0.15) is 16.1 Å². The molecule has 6 nitrogen and oxygen atoms in total. The summed E-state index contributed by atoms with van der Waals surface area (Å²) >= 11 is 0. The van der Waals surface area contributed by atoms with E-state index in [2.05, 4.69) is 4.98 Å². The second-order valence-corrected chi connectivity index (χ2v) is 3.14. The second-order valence-electron chi connectivity index (χ2n) is 3.14. The summed E-state index contributed by atoms with van der Waals surface area (Å²) in [6.45, 7) is 0. The number of aromatic nitrogens is 3. The smallest absolute Gasteiger partial charge is 0.434 e. The van der Waals surface area contributed by atoms with Gasteiger partial charge in [0.1, 0.15) is 5.56 Å². The van der Waals surface area contributed by atoms with Crippen LogP contribution in [0.4, 0.5) is 13.2 Å². The maximum atomic E-state index is 12.7. The highest BCUT2D eigenvalue weighted by Crippen LogP contribution is 2.31. The van der Waals surface area contributed by atoms with Crippen molar-refractivity contribution in [1.29, 1.82) is 0 Å². The SMILES string of the molecule is O=C(O)c1cnc2cc(=O)[nH]n2c1C(F)(F)F. The molecular formula is C8H4F3N3O3. The van der Waals surface area contributed by atoms with Crippen LogP contribution in [0.2, 0.25) is 0 Å². The van der Waals surface area contributed by atoms with Crippen LogP contribution < -0.4 is 5.56 Å². The molecule has 2 heterocycles. The molecule has 2 rings (SSSR count). The summed E-state index contributed by atoms with van der Waals surface area (Å²) in [5.74, 6) is -1.78. The summed E-state index contributed by atoms with van der Waals surface area (Å²) in [5, 5.41) is 10.5. The van der Waals surface area contributed by atoms with Crippen molar-refractivity contribution >= 4 is 11.6 Å². The van der Waals surface area contributed by atoms with Crippen molar-refractivity contribution in [3.05, 3.63) is 33.9 Å². The molecule has 0 saturated heterocycles. The van der Waals surface area contributed by atoms with Gasteiger partial charge in [-0.15, -0.1) is 0 Å². The quantitative estimate of drug-likeness (QED) is 0.777. The summed E-state index contributed by atoms with van der Waals surface area (Å²) < 4.78 is 38.5. The van der Waals surface area contributed by atoms with Crippen LogP contribution in [-0.4, -0.2) is 25.7 Å². The summed E-state index contributed by atoms with van der Waals surface area (Å²) in [4.78, 5) is 25.0.